The highest BCUT2D eigenvalue weighted by atomic mass is 32.2. The number of aryl methyl sites for hydroxylation is 1. The molecular formula is C13H21N3O2S. The molecule has 0 saturated heterocycles. The van der Waals surface area contributed by atoms with Crippen LogP contribution in [0.4, 0.5) is 0 Å². The van der Waals surface area contributed by atoms with E-state index in [9.17, 15) is 9.59 Å². The first-order valence-electron chi connectivity index (χ1n) is 6.61. The molecule has 0 fully saturated rings. The summed E-state index contributed by atoms with van der Waals surface area (Å²) in [5.74, 6) is -0.0320. The van der Waals surface area contributed by atoms with E-state index in [-0.39, 0.29) is 16.7 Å². The van der Waals surface area contributed by atoms with E-state index >= 15 is 0 Å². The molecule has 0 unspecified atom stereocenters. The molecular weight excluding hydrogens is 262 g/mol. The van der Waals surface area contributed by atoms with Crippen molar-refractivity contribution in [3.63, 3.8) is 0 Å². The molecule has 0 aromatic carbocycles. The topological polar surface area (TPSA) is 74.8 Å². The van der Waals surface area contributed by atoms with E-state index in [0.29, 0.717) is 11.7 Å². The van der Waals surface area contributed by atoms with Gasteiger partial charge >= 0.3 is 0 Å². The zero-order valence-corrected chi connectivity index (χ0v) is 12.5. The minimum atomic E-state index is -0.272. The fraction of sp³-hybridized carbons (Fsp3) is 0.615. The summed E-state index contributed by atoms with van der Waals surface area (Å²) < 4.78 is 0. The largest absolute Gasteiger partial charge is 0.355 e. The van der Waals surface area contributed by atoms with Crippen LogP contribution in [0.25, 0.3) is 0 Å². The Morgan fingerprint density at radius 3 is 2.84 bits per heavy atom. The van der Waals surface area contributed by atoms with E-state index in [1.165, 1.54) is 17.8 Å². The fourth-order valence-corrected chi connectivity index (χ4v) is 2.39. The summed E-state index contributed by atoms with van der Waals surface area (Å²) in [7, 11) is 0. The van der Waals surface area contributed by atoms with Gasteiger partial charge in [-0.3, -0.25) is 9.59 Å². The lowest BCUT2D eigenvalue weighted by Crippen LogP contribution is -2.31. The van der Waals surface area contributed by atoms with Gasteiger partial charge in [0.2, 0.25) is 5.91 Å². The minimum Gasteiger partial charge on any atom is -0.355 e. The molecule has 0 aliphatic carbocycles. The monoisotopic (exact) mass is 283 g/mol. The second-order valence-electron chi connectivity index (χ2n) is 4.34. The van der Waals surface area contributed by atoms with E-state index in [0.717, 1.165) is 25.0 Å². The van der Waals surface area contributed by atoms with E-state index < -0.39 is 0 Å². The van der Waals surface area contributed by atoms with E-state index in [1.54, 1.807) is 0 Å². The Morgan fingerprint density at radius 1 is 1.47 bits per heavy atom. The van der Waals surface area contributed by atoms with Crippen LogP contribution in [-0.4, -0.2) is 27.7 Å². The van der Waals surface area contributed by atoms with Gasteiger partial charge in [0.1, 0.15) is 0 Å². The molecule has 0 aliphatic rings. The summed E-state index contributed by atoms with van der Waals surface area (Å²) in [6, 6.07) is 1.51. The number of carbonyl (C=O) groups is 1. The Hall–Kier alpha value is -1.30. The molecule has 1 atom stereocenters. The highest BCUT2D eigenvalue weighted by Crippen LogP contribution is 2.18. The molecule has 1 heterocycles. The van der Waals surface area contributed by atoms with Crippen molar-refractivity contribution in [3.05, 3.63) is 22.1 Å². The van der Waals surface area contributed by atoms with E-state index in [2.05, 4.69) is 15.3 Å². The van der Waals surface area contributed by atoms with Crippen LogP contribution in [0.15, 0.2) is 16.0 Å². The van der Waals surface area contributed by atoms with Gasteiger partial charge in [-0.1, -0.05) is 32.0 Å². The Labute approximate surface area is 117 Å². The average Bonchev–Trinajstić information content (AvgIpc) is 2.35. The van der Waals surface area contributed by atoms with Gasteiger partial charge in [0.15, 0.2) is 5.16 Å². The molecule has 0 saturated carbocycles. The third kappa shape index (κ3) is 5.46. The summed E-state index contributed by atoms with van der Waals surface area (Å²) in [5.41, 5.74) is 0.608. The maximum atomic E-state index is 11.8. The molecule has 0 aliphatic heterocycles. The number of hydrogen-bond donors (Lipinski definition) is 2. The van der Waals surface area contributed by atoms with Gasteiger partial charge in [-0.15, -0.1) is 0 Å². The Morgan fingerprint density at radius 2 is 2.21 bits per heavy atom. The second-order valence-corrected chi connectivity index (χ2v) is 5.67. The van der Waals surface area contributed by atoms with Gasteiger partial charge in [0.05, 0.1) is 5.25 Å². The number of carbonyl (C=O) groups excluding carboxylic acids is 1. The number of rotatable bonds is 7. The van der Waals surface area contributed by atoms with Crippen LogP contribution in [-0.2, 0) is 11.2 Å². The quantitative estimate of drug-likeness (QED) is 0.590. The zero-order valence-electron chi connectivity index (χ0n) is 11.7. The highest BCUT2D eigenvalue weighted by Gasteiger charge is 2.15. The Kier molecular flexibility index (Phi) is 6.62. The summed E-state index contributed by atoms with van der Waals surface area (Å²) in [5, 5.41) is 3.06. The van der Waals surface area contributed by atoms with Crippen molar-refractivity contribution in [1.82, 2.24) is 15.3 Å². The fourth-order valence-electron chi connectivity index (χ4n) is 1.54. The molecule has 5 nitrogen and oxygen atoms in total. The molecule has 106 valence electrons. The molecule has 0 radical (unpaired) electrons. The predicted molar refractivity (Wildman–Crippen MR) is 77.5 cm³/mol. The molecule has 6 heteroatoms. The van der Waals surface area contributed by atoms with Crippen LogP contribution in [0.2, 0.25) is 0 Å². The van der Waals surface area contributed by atoms with Crippen molar-refractivity contribution in [2.24, 2.45) is 0 Å². The van der Waals surface area contributed by atoms with Crippen molar-refractivity contribution in [3.8, 4) is 0 Å². The van der Waals surface area contributed by atoms with Crippen LogP contribution in [0, 0.1) is 0 Å². The molecule has 1 rings (SSSR count). The maximum Gasteiger partial charge on any atom is 0.251 e. The van der Waals surface area contributed by atoms with E-state index in [1.807, 2.05) is 20.8 Å². The summed E-state index contributed by atoms with van der Waals surface area (Å²) in [6.07, 6.45) is 2.62. The number of H-pyrrole nitrogens is 1. The standard InChI is InChI=1S/C13H21N3O2S/c1-4-6-10-8-11(17)16-13(15-10)19-9(3)12(18)14-7-5-2/h8-9H,4-7H2,1-3H3,(H,14,18)(H,15,16,17)/t9-/m1/s1. The smallest absolute Gasteiger partial charge is 0.251 e. The first-order valence-corrected chi connectivity index (χ1v) is 7.49. The van der Waals surface area contributed by atoms with Gasteiger partial charge in [0.25, 0.3) is 5.56 Å². The van der Waals surface area contributed by atoms with Crippen molar-refractivity contribution in [2.45, 2.75) is 50.4 Å². The van der Waals surface area contributed by atoms with E-state index in [4.69, 9.17) is 0 Å². The van der Waals surface area contributed by atoms with Crippen molar-refractivity contribution in [2.75, 3.05) is 6.54 Å². The van der Waals surface area contributed by atoms with Crippen molar-refractivity contribution in [1.29, 1.82) is 0 Å². The third-order valence-corrected chi connectivity index (χ3v) is 3.47. The molecule has 1 aromatic rings. The minimum absolute atomic E-state index is 0.0320. The van der Waals surface area contributed by atoms with Crippen LogP contribution < -0.4 is 10.9 Å². The highest BCUT2D eigenvalue weighted by molar-refractivity contribution is 8.00. The molecule has 0 bridgehead atoms. The Bertz CT molecular complexity index is 473. The van der Waals surface area contributed by atoms with Gasteiger partial charge in [-0.25, -0.2) is 4.98 Å². The number of thioether (sulfide) groups is 1. The molecule has 1 amide bonds. The van der Waals surface area contributed by atoms with Crippen molar-refractivity contribution < 1.29 is 4.79 Å². The second kappa shape index (κ2) is 7.99. The normalized spacial score (nSPS) is 12.2. The summed E-state index contributed by atoms with van der Waals surface area (Å²) in [4.78, 5) is 30.3. The zero-order chi connectivity index (χ0) is 14.3. The number of aromatic nitrogens is 2. The van der Waals surface area contributed by atoms with Crippen molar-refractivity contribution >= 4 is 17.7 Å². The number of nitrogens with zero attached hydrogens (tertiary/aromatic N) is 1. The molecule has 19 heavy (non-hydrogen) atoms. The lowest BCUT2D eigenvalue weighted by molar-refractivity contribution is -0.120. The Balaban J connectivity index is 2.70. The summed E-state index contributed by atoms with van der Waals surface area (Å²) >= 11 is 1.28. The maximum absolute atomic E-state index is 11.8. The van der Waals surface area contributed by atoms with Crippen LogP contribution in [0.3, 0.4) is 0 Å². The average molecular weight is 283 g/mol. The lowest BCUT2D eigenvalue weighted by Gasteiger charge is -2.11. The molecule has 2 N–H and O–H groups in total. The first-order chi connectivity index (χ1) is 9.06. The number of aromatic amines is 1. The van der Waals surface area contributed by atoms with Crippen LogP contribution in [0.5, 0.6) is 0 Å². The number of amides is 1. The number of hydrogen-bond acceptors (Lipinski definition) is 4. The van der Waals surface area contributed by atoms with Gasteiger partial charge in [0, 0.05) is 18.3 Å². The lowest BCUT2D eigenvalue weighted by atomic mass is 10.2. The predicted octanol–water partition coefficient (Wildman–Crippen LogP) is 1.73. The molecule has 0 spiro atoms. The first kappa shape index (κ1) is 15.8. The van der Waals surface area contributed by atoms with Crippen LogP contribution in [0.1, 0.15) is 39.3 Å². The van der Waals surface area contributed by atoms with Gasteiger partial charge < -0.3 is 10.3 Å². The third-order valence-electron chi connectivity index (χ3n) is 2.49. The van der Waals surface area contributed by atoms with Crippen LogP contribution >= 0.6 is 11.8 Å². The number of nitrogens with one attached hydrogen (secondary N) is 2. The SMILES string of the molecule is CCCNC(=O)[C@@H](C)Sc1nc(CCC)cc(=O)[nH]1. The van der Waals surface area contributed by atoms with Gasteiger partial charge in [-0.05, 0) is 19.8 Å². The summed E-state index contributed by atoms with van der Waals surface area (Å²) in [6.45, 7) is 6.52. The molecule has 1 aromatic heterocycles. The van der Waals surface area contributed by atoms with Gasteiger partial charge in [-0.2, -0.15) is 0 Å².